The highest BCUT2D eigenvalue weighted by atomic mass is 19.4. The van der Waals surface area contributed by atoms with Gasteiger partial charge in [-0.25, -0.2) is 0 Å². The largest absolute Gasteiger partial charge is 0.496 e. The van der Waals surface area contributed by atoms with Gasteiger partial charge in [-0.1, -0.05) is 50.3 Å². The Bertz CT molecular complexity index is 822. The molecule has 0 radical (unpaired) electrons. The molecule has 2 aromatic carbocycles. The Labute approximate surface area is 162 Å². The lowest BCUT2D eigenvalue weighted by Crippen LogP contribution is -2.16. The maximum absolute atomic E-state index is 12.3. The molecule has 0 atom stereocenters. The summed E-state index contributed by atoms with van der Waals surface area (Å²) < 4.78 is 46.6. The predicted molar refractivity (Wildman–Crippen MR) is 103 cm³/mol. The molecule has 28 heavy (non-hydrogen) atoms. The number of benzene rings is 2. The van der Waals surface area contributed by atoms with Crippen LogP contribution in [0.1, 0.15) is 46.8 Å². The van der Waals surface area contributed by atoms with E-state index in [-0.39, 0.29) is 12.4 Å². The van der Waals surface area contributed by atoms with Gasteiger partial charge in [0.05, 0.1) is 13.7 Å². The van der Waals surface area contributed by atoms with Gasteiger partial charge in [0, 0.05) is 11.1 Å². The maximum Gasteiger partial charge on any atom is 0.411 e. The molecular weight excluding hydrogens is 369 g/mol. The van der Waals surface area contributed by atoms with Gasteiger partial charge in [0.1, 0.15) is 12.4 Å². The number of ether oxygens (including phenoxy) is 2. The van der Waals surface area contributed by atoms with Crippen LogP contribution < -0.4 is 4.74 Å². The van der Waals surface area contributed by atoms with Gasteiger partial charge >= 0.3 is 6.18 Å². The number of alkyl halides is 3. The molecular formula is C22H23F3O3. The molecule has 0 saturated carbocycles. The van der Waals surface area contributed by atoms with E-state index in [0.29, 0.717) is 28.4 Å². The Morgan fingerprint density at radius 3 is 2.36 bits per heavy atom. The SMILES string of the molecule is COc1ccc(/C=C/C(=O)c2ccc(C(C)C)cc2)cc1COCC(F)(F)F. The molecule has 2 rings (SSSR count). The highest BCUT2D eigenvalue weighted by Gasteiger charge is 2.27. The van der Waals surface area contributed by atoms with Crippen molar-refractivity contribution in [2.24, 2.45) is 0 Å². The molecule has 0 amide bonds. The van der Waals surface area contributed by atoms with Gasteiger partial charge in [-0.05, 0) is 35.3 Å². The summed E-state index contributed by atoms with van der Waals surface area (Å²) in [6.45, 7) is 2.59. The summed E-state index contributed by atoms with van der Waals surface area (Å²) >= 11 is 0. The lowest BCUT2D eigenvalue weighted by atomic mass is 10.00. The number of halogens is 3. The summed E-state index contributed by atoms with van der Waals surface area (Å²) in [7, 11) is 1.43. The second kappa shape index (κ2) is 9.55. The molecule has 0 aliphatic rings. The zero-order valence-corrected chi connectivity index (χ0v) is 16.0. The first-order valence-corrected chi connectivity index (χ1v) is 8.83. The Kier molecular flexibility index (Phi) is 7.40. The number of carbonyl (C=O) groups excluding carboxylic acids is 1. The first-order valence-electron chi connectivity index (χ1n) is 8.83. The monoisotopic (exact) mass is 392 g/mol. The molecule has 0 aromatic heterocycles. The number of ketones is 1. The van der Waals surface area contributed by atoms with E-state index in [1.807, 2.05) is 12.1 Å². The molecule has 6 heteroatoms. The van der Waals surface area contributed by atoms with E-state index in [4.69, 9.17) is 9.47 Å². The lowest BCUT2D eigenvalue weighted by Gasteiger charge is -2.11. The van der Waals surface area contributed by atoms with Crippen molar-refractivity contribution in [3.63, 3.8) is 0 Å². The van der Waals surface area contributed by atoms with Crippen LogP contribution in [-0.4, -0.2) is 25.7 Å². The smallest absolute Gasteiger partial charge is 0.411 e. The number of hydrogen-bond acceptors (Lipinski definition) is 3. The molecule has 0 aliphatic heterocycles. The zero-order valence-electron chi connectivity index (χ0n) is 16.0. The summed E-state index contributed by atoms with van der Waals surface area (Å²) in [5, 5.41) is 0. The summed E-state index contributed by atoms with van der Waals surface area (Å²) in [6, 6.07) is 12.4. The standard InChI is InChI=1S/C22H23F3O3/c1-15(2)17-6-8-18(9-7-17)20(26)10-4-16-5-11-21(27-3)19(12-16)13-28-14-22(23,24)25/h4-12,15H,13-14H2,1-3H3/b10-4+. The third-order valence-corrected chi connectivity index (χ3v) is 4.12. The lowest BCUT2D eigenvalue weighted by molar-refractivity contribution is -0.176. The van der Waals surface area contributed by atoms with Crippen LogP contribution in [0.15, 0.2) is 48.5 Å². The fourth-order valence-electron chi connectivity index (χ4n) is 2.59. The fourth-order valence-corrected chi connectivity index (χ4v) is 2.59. The molecule has 0 aliphatic carbocycles. The van der Waals surface area contributed by atoms with E-state index in [9.17, 15) is 18.0 Å². The molecule has 150 valence electrons. The van der Waals surface area contributed by atoms with Crippen molar-refractivity contribution >= 4 is 11.9 Å². The average Bonchev–Trinajstić information content (AvgIpc) is 2.65. The minimum atomic E-state index is -4.39. The zero-order chi connectivity index (χ0) is 20.7. The van der Waals surface area contributed by atoms with Gasteiger partial charge < -0.3 is 9.47 Å². The Morgan fingerprint density at radius 2 is 1.79 bits per heavy atom. The first-order chi connectivity index (χ1) is 13.2. The van der Waals surface area contributed by atoms with E-state index in [1.54, 1.807) is 36.4 Å². The van der Waals surface area contributed by atoms with E-state index < -0.39 is 12.8 Å². The molecule has 0 unspecified atom stereocenters. The minimum Gasteiger partial charge on any atom is -0.496 e. The van der Waals surface area contributed by atoms with Gasteiger partial charge in [0.15, 0.2) is 5.78 Å². The average molecular weight is 392 g/mol. The third-order valence-electron chi connectivity index (χ3n) is 4.12. The Morgan fingerprint density at radius 1 is 1.11 bits per heavy atom. The Balaban J connectivity index is 2.09. The number of carbonyl (C=O) groups is 1. The van der Waals surface area contributed by atoms with E-state index in [2.05, 4.69) is 13.8 Å². The van der Waals surface area contributed by atoms with E-state index >= 15 is 0 Å². The maximum atomic E-state index is 12.3. The van der Waals surface area contributed by atoms with Gasteiger partial charge in [-0.3, -0.25) is 4.79 Å². The molecule has 0 heterocycles. The molecule has 2 aromatic rings. The molecule has 0 N–H and O–H groups in total. The molecule has 0 spiro atoms. The number of rotatable bonds is 8. The van der Waals surface area contributed by atoms with Crippen LogP contribution >= 0.6 is 0 Å². The second-order valence-electron chi connectivity index (χ2n) is 6.65. The van der Waals surface area contributed by atoms with Gasteiger partial charge in [-0.15, -0.1) is 0 Å². The van der Waals surface area contributed by atoms with Crippen LogP contribution in [-0.2, 0) is 11.3 Å². The summed E-state index contributed by atoms with van der Waals surface area (Å²) in [5.41, 5.74) is 2.86. The van der Waals surface area contributed by atoms with Crippen LogP contribution in [0.5, 0.6) is 5.75 Å². The molecule has 0 fully saturated rings. The summed E-state index contributed by atoms with van der Waals surface area (Å²) in [4.78, 5) is 12.3. The van der Waals surface area contributed by atoms with Crippen molar-refractivity contribution in [1.82, 2.24) is 0 Å². The van der Waals surface area contributed by atoms with Crippen molar-refractivity contribution in [2.45, 2.75) is 32.5 Å². The minimum absolute atomic E-state index is 0.152. The second-order valence-corrected chi connectivity index (χ2v) is 6.65. The third kappa shape index (κ3) is 6.53. The molecule has 0 saturated heterocycles. The number of hydrogen-bond donors (Lipinski definition) is 0. The Hall–Kier alpha value is -2.60. The van der Waals surface area contributed by atoms with E-state index in [1.165, 1.54) is 13.2 Å². The predicted octanol–water partition coefficient (Wildman–Crippen LogP) is 5.79. The van der Waals surface area contributed by atoms with E-state index in [0.717, 1.165) is 5.56 Å². The van der Waals surface area contributed by atoms with Crippen molar-refractivity contribution < 1.29 is 27.4 Å². The quantitative estimate of drug-likeness (QED) is 0.421. The van der Waals surface area contributed by atoms with Crippen LogP contribution in [0.2, 0.25) is 0 Å². The normalized spacial score (nSPS) is 12.0. The number of methoxy groups -OCH3 is 1. The van der Waals surface area contributed by atoms with Crippen molar-refractivity contribution in [3.05, 3.63) is 70.8 Å². The molecule has 0 bridgehead atoms. The van der Waals surface area contributed by atoms with Crippen LogP contribution in [0.3, 0.4) is 0 Å². The van der Waals surface area contributed by atoms with Crippen LogP contribution in [0.25, 0.3) is 6.08 Å². The number of allylic oxidation sites excluding steroid dienone is 1. The van der Waals surface area contributed by atoms with Gasteiger partial charge in [0.25, 0.3) is 0 Å². The topological polar surface area (TPSA) is 35.5 Å². The van der Waals surface area contributed by atoms with Crippen molar-refractivity contribution in [3.8, 4) is 5.75 Å². The highest BCUT2D eigenvalue weighted by Crippen LogP contribution is 2.23. The van der Waals surface area contributed by atoms with Crippen molar-refractivity contribution in [1.29, 1.82) is 0 Å². The summed E-state index contributed by atoms with van der Waals surface area (Å²) in [5.74, 6) is 0.660. The first kappa shape index (κ1) is 21.7. The van der Waals surface area contributed by atoms with Crippen LogP contribution in [0, 0.1) is 0 Å². The fraction of sp³-hybridized carbons (Fsp3) is 0.318. The highest BCUT2D eigenvalue weighted by molar-refractivity contribution is 6.06. The molecule has 3 nitrogen and oxygen atoms in total. The summed E-state index contributed by atoms with van der Waals surface area (Å²) in [6.07, 6.45) is -1.33. The van der Waals surface area contributed by atoms with Crippen molar-refractivity contribution in [2.75, 3.05) is 13.7 Å². The van der Waals surface area contributed by atoms with Crippen LogP contribution in [0.4, 0.5) is 13.2 Å². The van der Waals surface area contributed by atoms with Gasteiger partial charge in [-0.2, -0.15) is 13.2 Å². The van der Waals surface area contributed by atoms with Gasteiger partial charge in [0.2, 0.25) is 0 Å².